The molecule has 0 aliphatic carbocycles. The Morgan fingerprint density at radius 3 is 2.59 bits per heavy atom. The number of carbonyl (C=O) groups excluding carboxylic acids is 1. The van der Waals surface area contributed by atoms with Gasteiger partial charge in [0.2, 0.25) is 5.95 Å². The SMILES string of the molecule is Cc1cc(C)nc(N2CCN(C(=O)c3cccc4nc(C)oc34)CCO2)n1. The second kappa shape index (κ2) is 6.96. The van der Waals surface area contributed by atoms with E-state index in [4.69, 9.17) is 9.25 Å². The lowest BCUT2D eigenvalue weighted by Crippen LogP contribution is -2.35. The molecule has 0 spiro atoms. The zero-order valence-electron chi connectivity index (χ0n) is 15.6. The number of para-hydroxylation sites is 1. The normalized spacial score (nSPS) is 15.2. The molecule has 0 saturated carbocycles. The number of hydroxylamine groups is 1. The Morgan fingerprint density at radius 1 is 1.04 bits per heavy atom. The smallest absolute Gasteiger partial charge is 0.257 e. The zero-order chi connectivity index (χ0) is 19.0. The molecule has 2 aromatic heterocycles. The number of hydrogen-bond donors (Lipinski definition) is 0. The number of oxazole rings is 1. The maximum absolute atomic E-state index is 13.1. The minimum Gasteiger partial charge on any atom is -0.440 e. The van der Waals surface area contributed by atoms with Crippen LogP contribution in [0.3, 0.4) is 0 Å². The molecule has 0 bridgehead atoms. The molecule has 3 aromatic rings. The second-order valence-corrected chi connectivity index (χ2v) is 6.56. The van der Waals surface area contributed by atoms with Gasteiger partial charge in [0.1, 0.15) is 5.52 Å². The second-order valence-electron chi connectivity index (χ2n) is 6.56. The van der Waals surface area contributed by atoms with E-state index in [0.717, 1.165) is 11.4 Å². The molecule has 1 aliphatic heterocycles. The van der Waals surface area contributed by atoms with Crippen molar-refractivity contribution in [1.29, 1.82) is 0 Å². The van der Waals surface area contributed by atoms with Crippen molar-refractivity contribution in [2.45, 2.75) is 20.8 Å². The van der Waals surface area contributed by atoms with Gasteiger partial charge in [-0.25, -0.2) is 20.0 Å². The van der Waals surface area contributed by atoms with E-state index in [9.17, 15) is 4.79 Å². The third-order valence-electron chi connectivity index (χ3n) is 4.41. The molecule has 0 atom stereocenters. The molecule has 0 N–H and O–H groups in total. The van der Waals surface area contributed by atoms with Gasteiger partial charge in [-0.05, 0) is 32.0 Å². The summed E-state index contributed by atoms with van der Waals surface area (Å²) in [5.74, 6) is 0.973. The molecule has 0 unspecified atom stereocenters. The summed E-state index contributed by atoms with van der Waals surface area (Å²) >= 11 is 0. The molecule has 27 heavy (non-hydrogen) atoms. The van der Waals surface area contributed by atoms with Crippen molar-refractivity contribution in [1.82, 2.24) is 19.9 Å². The first-order valence-corrected chi connectivity index (χ1v) is 8.89. The first kappa shape index (κ1) is 17.4. The fourth-order valence-corrected chi connectivity index (χ4v) is 3.23. The molecule has 1 fully saturated rings. The van der Waals surface area contributed by atoms with Gasteiger partial charge >= 0.3 is 0 Å². The summed E-state index contributed by atoms with van der Waals surface area (Å²) < 4.78 is 5.64. The van der Waals surface area contributed by atoms with Gasteiger partial charge in [0.25, 0.3) is 5.91 Å². The predicted molar refractivity (Wildman–Crippen MR) is 99.5 cm³/mol. The van der Waals surface area contributed by atoms with E-state index in [0.29, 0.717) is 54.7 Å². The fourth-order valence-electron chi connectivity index (χ4n) is 3.23. The van der Waals surface area contributed by atoms with E-state index in [1.807, 2.05) is 32.0 Å². The lowest BCUT2D eigenvalue weighted by molar-refractivity contribution is 0.0730. The van der Waals surface area contributed by atoms with Crippen LogP contribution in [0.2, 0.25) is 0 Å². The summed E-state index contributed by atoms with van der Waals surface area (Å²) in [7, 11) is 0. The standard InChI is InChI=1S/C19H21N5O3/c1-12-11-13(2)21-19(20-12)24-8-7-23(9-10-26-24)18(25)15-5-4-6-16-17(15)27-14(3)22-16/h4-6,11H,7-10H2,1-3H3. The third kappa shape index (κ3) is 3.48. The largest absolute Gasteiger partial charge is 0.440 e. The number of aryl methyl sites for hydroxylation is 3. The number of anilines is 1. The van der Waals surface area contributed by atoms with Gasteiger partial charge in [-0.15, -0.1) is 0 Å². The van der Waals surface area contributed by atoms with Crippen LogP contribution >= 0.6 is 0 Å². The molecule has 0 radical (unpaired) electrons. The van der Waals surface area contributed by atoms with Crippen molar-refractivity contribution in [2.75, 3.05) is 31.3 Å². The third-order valence-corrected chi connectivity index (χ3v) is 4.41. The van der Waals surface area contributed by atoms with E-state index in [-0.39, 0.29) is 5.91 Å². The quantitative estimate of drug-likeness (QED) is 0.688. The maximum atomic E-state index is 13.1. The summed E-state index contributed by atoms with van der Waals surface area (Å²) in [6.45, 7) is 7.45. The highest BCUT2D eigenvalue weighted by Gasteiger charge is 2.25. The topological polar surface area (TPSA) is 84.6 Å². The molecule has 3 heterocycles. The van der Waals surface area contributed by atoms with Crippen LogP contribution in [0.1, 0.15) is 27.6 Å². The van der Waals surface area contributed by atoms with Crippen LogP contribution in [-0.4, -0.2) is 52.0 Å². The van der Waals surface area contributed by atoms with Gasteiger partial charge in [-0.2, -0.15) is 0 Å². The zero-order valence-corrected chi connectivity index (χ0v) is 15.6. The van der Waals surface area contributed by atoms with Crippen LogP contribution < -0.4 is 5.06 Å². The maximum Gasteiger partial charge on any atom is 0.257 e. The van der Waals surface area contributed by atoms with E-state index >= 15 is 0 Å². The van der Waals surface area contributed by atoms with Crippen molar-refractivity contribution < 1.29 is 14.0 Å². The monoisotopic (exact) mass is 367 g/mol. The van der Waals surface area contributed by atoms with Crippen LogP contribution in [0.15, 0.2) is 28.7 Å². The number of rotatable bonds is 2. The number of aromatic nitrogens is 3. The Bertz CT molecular complexity index is 980. The first-order valence-electron chi connectivity index (χ1n) is 8.89. The number of amides is 1. The molecule has 1 aromatic carbocycles. The minimum atomic E-state index is -0.0939. The minimum absolute atomic E-state index is 0.0939. The van der Waals surface area contributed by atoms with Crippen LogP contribution in [0.25, 0.3) is 11.1 Å². The highest BCUT2D eigenvalue weighted by atomic mass is 16.7. The number of benzene rings is 1. The lowest BCUT2D eigenvalue weighted by atomic mass is 10.1. The Morgan fingerprint density at radius 2 is 1.81 bits per heavy atom. The number of nitrogens with zero attached hydrogens (tertiary/aromatic N) is 5. The average molecular weight is 367 g/mol. The Labute approximate surface area is 156 Å². The van der Waals surface area contributed by atoms with E-state index < -0.39 is 0 Å². The Kier molecular flexibility index (Phi) is 4.49. The number of hydrogen-bond acceptors (Lipinski definition) is 7. The first-order chi connectivity index (χ1) is 13.0. The number of fused-ring (bicyclic) bond motifs is 1. The Balaban J connectivity index is 1.54. The lowest BCUT2D eigenvalue weighted by Gasteiger charge is -2.21. The van der Waals surface area contributed by atoms with E-state index in [1.54, 1.807) is 23.0 Å². The summed E-state index contributed by atoms with van der Waals surface area (Å²) in [5, 5.41) is 1.66. The summed E-state index contributed by atoms with van der Waals surface area (Å²) in [6, 6.07) is 7.35. The van der Waals surface area contributed by atoms with E-state index in [1.165, 1.54) is 0 Å². The predicted octanol–water partition coefficient (Wildman–Crippen LogP) is 2.44. The van der Waals surface area contributed by atoms with Gasteiger partial charge in [0.05, 0.1) is 18.7 Å². The highest BCUT2D eigenvalue weighted by molar-refractivity contribution is 6.04. The number of carbonyl (C=O) groups is 1. The van der Waals surface area contributed by atoms with Crippen LogP contribution in [0.4, 0.5) is 5.95 Å². The van der Waals surface area contributed by atoms with Crippen LogP contribution in [0, 0.1) is 20.8 Å². The molecule has 1 saturated heterocycles. The molecule has 4 rings (SSSR count). The fraction of sp³-hybridized carbons (Fsp3) is 0.368. The van der Waals surface area contributed by atoms with Crippen LogP contribution in [0.5, 0.6) is 0 Å². The summed E-state index contributed by atoms with van der Waals surface area (Å²) in [4.78, 5) is 33.8. The van der Waals surface area contributed by atoms with Crippen LogP contribution in [-0.2, 0) is 4.84 Å². The van der Waals surface area contributed by atoms with E-state index in [2.05, 4.69) is 15.0 Å². The van der Waals surface area contributed by atoms with Crippen molar-refractivity contribution in [3.63, 3.8) is 0 Å². The molecule has 8 heteroatoms. The van der Waals surface area contributed by atoms with Gasteiger partial charge in [-0.1, -0.05) is 6.07 Å². The van der Waals surface area contributed by atoms with Crippen molar-refractivity contribution in [3.8, 4) is 0 Å². The molecular weight excluding hydrogens is 346 g/mol. The molecule has 1 amide bonds. The van der Waals surface area contributed by atoms with Gasteiger partial charge in [0.15, 0.2) is 11.5 Å². The molecule has 8 nitrogen and oxygen atoms in total. The average Bonchev–Trinajstić information content (AvgIpc) is 2.85. The van der Waals surface area contributed by atoms with Gasteiger partial charge in [-0.3, -0.25) is 9.63 Å². The summed E-state index contributed by atoms with van der Waals surface area (Å²) in [5.41, 5.74) is 3.50. The molecule has 140 valence electrons. The van der Waals surface area contributed by atoms with Crippen molar-refractivity contribution >= 4 is 23.0 Å². The highest BCUT2D eigenvalue weighted by Crippen LogP contribution is 2.22. The molecular formula is C19H21N5O3. The van der Waals surface area contributed by atoms with Gasteiger partial charge < -0.3 is 9.32 Å². The van der Waals surface area contributed by atoms with Gasteiger partial charge in [0, 0.05) is 31.4 Å². The van der Waals surface area contributed by atoms with Crippen molar-refractivity contribution in [2.24, 2.45) is 0 Å². The Hall–Kier alpha value is -3.00. The summed E-state index contributed by atoms with van der Waals surface area (Å²) in [6.07, 6.45) is 0. The molecule has 1 aliphatic rings. The van der Waals surface area contributed by atoms with Crippen molar-refractivity contribution in [3.05, 3.63) is 47.1 Å².